The molecule has 6 heteroatoms. The maximum Gasteiger partial charge on any atom is 0.137 e. The van der Waals surface area contributed by atoms with E-state index in [1.165, 1.54) is 48.4 Å². The molecule has 9 aromatic carbocycles. The van der Waals surface area contributed by atoms with E-state index < -0.39 is 5.41 Å². The van der Waals surface area contributed by atoms with E-state index in [1.54, 1.807) is 0 Å². The van der Waals surface area contributed by atoms with E-state index in [4.69, 9.17) is 9.72 Å². The number of ether oxygens (including phenoxy) is 1. The Balaban J connectivity index is 0.938. The number of rotatable bonds is 9. The van der Waals surface area contributed by atoms with Crippen LogP contribution in [0.3, 0.4) is 0 Å². The second kappa shape index (κ2) is 16.7. The molecule has 0 bridgehead atoms. The van der Waals surface area contributed by atoms with Crippen molar-refractivity contribution in [1.82, 2.24) is 9.55 Å². The van der Waals surface area contributed by atoms with Gasteiger partial charge in [0.25, 0.3) is 0 Å². The predicted molar refractivity (Wildman–Crippen MR) is 295 cm³/mol. The first-order chi connectivity index (χ1) is 34.8. The van der Waals surface area contributed by atoms with Gasteiger partial charge in [0.1, 0.15) is 17.3 Å². The quantitative estimate of drug-likeness (QED) is 0.156. The number of pyridine rings is 1. The van der Waals surface area contributed by atoms with Gasteiger partial charge < -0.3 is 15.0 Å². The van der Waals surface area contributed by atoms with Crippen molar-refractivity contribution in [3.05, 3.63) is 252 Å². The zero-order valence-electron chi connectivity index (χ0n) is 40.0. The summed E-state index contributed by atoms with van der Waals surface area (Å²) in [7, 11) is 2.17. The average molecular weight is 935 g/mol. The molecule has 0 atom stereocenters. The highest BCUT2D eigenvalue weighted by molar-refractivity contribution is 7.99. The molecule has 0 saturated heterocycles. The van der Waals surface area contributed by atoms with Crippen molar-refractivity contribution in [3.63, 3.8) is 0 Å². The molecule has 11 aromatic rings. The number of hydrogen-bond acceptors (Lipinski definition) is 5. The fourth-order valence-electron chi connectivity index (χ4n) is 11.3. The second-order valence-corrected chi connectivity index (χ2v) is 20.7. The Morgan fingerprint density at radius 1 is 0.535 bits per heavy atom. The Morgan fingerprint density at radius 2 is 1.14 bits per heavy atom. The molecule has 1 aliphatic carbocycles. The van der Waals surface area contributed by atoms with Crippen LogP contribution in [0.5, 0.6) is 11.5 Å². The van der Waals surface area contributed by atoms with E-state index >= 15 is 0 Å². The van der Waals surface area contributed by atoms with Gasteiger partial charge in [0.2, 0.25) is 0 Å². The van der Waals surface area contributed by atoms with Gasteiger partial charge in [-0.25, -0.2) is 4.98 Å². The van der Waals surface area contributed by atoms with Gasteiger partial charge in [-0.15, -0.1) is 0 Å². The van der Waals surface area contributed by atoms with Gasteiger partial charge in [-0.05, 0) is 105 Å². The van der Waals surface area contributed by atoms with Gasteiger partial charge >= 0.3 is 0 Å². The van der Waals surface area contributed by atoms with Gasteiger partial charge in [-0.1, -0.05) is 178 Å². The van der Waals surface area contributed by atoms with E-state index in [0.717, 1.165) is 73.4 Å². The fraction of sp³-hybridized carbons (Fsp3) is 0.0923. The first kappa shape index (κ1) is 42.8. The normalized spacial score (nSPS) is 13.1. The van der Waals surface area contributed by atoms with Crippen molar-refractivity contribution in [2.24, 2.45) is 0 Å². The van der Waals surface area contributed by atoms with Crippen molar-refractivity contribution in [1.29, 1.82) is 0 Å². The number of para-hydroxylation sites is 3. The number of nitrogens with one attached hydrogen (secondary N) is 1. The predicted octanol–water partition coefficient (Wildman–Crippen LogP) is 17.3. The summed E-state index contributed by atoms with van der Waals surface area (Å²) < 4.78 is 9.51. The zero-order valence-corrected chi connectivity index (χ0v) is 40.8. The minimum Gasteiger partial charge on any atom is -0.457 e. The van der Waals surface area contributed by atoms with Crippen LogP contribution in [0.4, 0.5) is 22.7 Å². The molecule has 0 radical (unpaired) electrons. The van der Waals surface area contributed by atoms with Crippen LogP contribution in [0.2, 0.25) is 0 Å². The molecule has 2 aromatic heterocycles. The van der Waals surface area contributed by atoms with Gasteiger partial charge in [-0.3, -0.25) is 4.57 Å². The van der Waals surface area contributed by atoms with Crippen molar-refractivity contribution in [2.75, 3.05) is 17.3 Å². The minimum absolute atomic E-state index is 0.0535. The van der Waals surface area contributed by atoms with Crippen molar-refractivity contribution >= 4 is 56.3 Å². The molecule has 1 aliphatic heterocycles. The van der Waals surface area contributed by atoms with E-state index in [-0.39, 0.29) is 5.41 Å². The third-order valence-electron chi connectivity index (χ3n) is 14.5. The van der Waals surface area contributed by atoms with Crippen LogP contribution in [-0.4, -0.2) is 16.6 Å². The molecule has 5 nitrogen and oxygen atoms in total. The van der Waals surface area contributed by atoms with Gasteiger partial charge in [0, 0.05) is 62.8 Å². The summed E-state index contributed by atoms with van der Waals surface area (Å²) in [5.41, 5.74) is 16.6. The van der Waals surface area contributed by atoms with Crippen LogP contribution < -0.4 is 15.0 Å². The second-order valence-electron chi connectivity index (χ2n) is 19.7. The largest absolute Gasteiger partial charge is 0.457 e. The van der Waals surface area contributed by atoms with E-state index in [9.17, 15) is 0 Å². The molecule has 0 fully saturated rings. The van der Waals surface area contributed by atoms with Crippen LogP contribution >= 0.6 is 11.8 Å². The van der Waals surface area contributed by atoms with Crippen molar-refractivity contribution < 1.29 is 4.74 Å². The van der Waals surface area contributed by atoms with Crippen LogP contribution in [0.15, 0.2) is 234 Å². The third kappa shape index (κ3) is 6.88. The lowest BCUT2D eigenvalue weighted by Gasteiger charge is -2.40. The lowest BCUT2D eigenvalue weighted by molar-refractivity contribution is 0.482. The molecular formula is C65H50N4OS. The Hall–Kier alpha value is -8.32. The molecule has 1 N–H and O–H groups in total. The summed E-state index contributed by atoms with van der Waals surface area (Å²) in [4.78, 5) is 9.93. The summed E-state index contributed by atoms with van der Waals surface area (Å²) in [5, 5.41) is 6.32. The fourth-order valence-corrected chi connectivity index (χ4v) is 12.5. The van der Waals surface area contributed by atoms with Crippen molar-refractivity contribution in [3.8, 4) is 39.6 Å². The molecule has 13 rings (SSSR count). The molecule has 2 aliphatic rings. The Bertz CT molecular complexity index is 3770. The topological polar surface area (TPSA) is 42.3 Å². The molecule has 342 valence electrons. The SMILES string of the molecule is CN(c1ccccc1Nc1cccc(Oc2cc3c4c5c(cccc5n(-c5cc(C(C)(C)C)ccn5)c4c2)C32c3ccccc3Sc3ccccc32)c1)c1c(-c2ccccc2)cccc1-c1ccccc1. The summed E-state index contributed by atoms with van der Waals surface area (Å²) in [6.45, 7) is 6.78. The van der Waals surface area contributed by atoms with Crippen LogP contribution in [0.25, 0.3) is 49.9 Å². The van der Waals surface area contributed by atoms with E-state index in [0.29, 0.717) is 0 Å². The highest BCUT2D eigenvalue weighted by atomic mass is 32.2. The number of fused-ring (bicyclic) bond motifs is 6. The first-order valence-corrected chi connectivity index (χ1v) is 25.1. The highest BCUT2D eigenvalue weighted by Crippen LogP contribution is 2.63. The third-order valence-corrected chi connectivity index (χ3v) is 15.6. The number of aromatic nitrogens is 2. The molecule has 0 saturated carbocycles. The summed E-state index contributed by atoms with van der Waals surface area (Å²) in [6, 6.07) is 78.5. The summed E-state index contributed by atoms with van der Waals surface area (Å²) >= 11 is 1.86. The minimum atomic E-state index is -0.557. The number of anilines is 4. The maximum absolute atomic E-state index is 7.16. The average Bonchev–Trinajstić information content (AvgIpc) is 3.90. The Kier molecular flexibility index (Phi) is 10.0. The summed E-state index contributed by atoms with van der Waals surface area (Å²) in [5.74, 6) is 2.39. The molecule has 3 heterocycles. The molecule has 0 amide bonds. The lowest BCUT2D eigenvalue weighted by atomic mass is 9.67. The standard InChI is InChI=1S/C65H50N4OS/c1-64(2,3)44-36-37-66-60(38-44)69-56-33-19-30-52-61(56)62-53(65(52)50-28-11-15-34-58(50)71-59-35-16-12-29-51(59)65)40-47(41-57(62)69)70-46-25-17-24-45(39-46)67-54-31-13-14-32-55(54)68(4)63-48(42-20-7-5-8-21-42)26-18-27-49(63)43-22-9-6-10-23-43/h5-41,67H,1-4H3. The van der Waals surface area contributed by atoms with E-state index in [2.05, 4.69) is 255 Å². The molecular weight excluding hydrogens is 885 g/mol. The smallest absolute Gasteiger partial charge is 0.137 e. The number of nitrogens with zero attached hydrogens (tertiary/aromatic N) is 3. The highest BCUT2D eigenvalue weighted by Gasteiger charge is 2.50. The zero-order chi connectivity index (χ0) is 47.8. The van der Waals surface area contributed by atoms with Gasteiger partial charge in [0.05, 0.1) is 33.5 Å². The monoisotopic (exact) mass is 934 g/mol. The Morgan fingerprint density at radius 3 is 1.85 bits per heavy atom. The molecule has 0 unspecified atom stereocenters. The van der Waals surface area contributed by atoms with E-state index in [1.807, 2.05) is 24.0 Å². The first-order valence-electron chi connectivity index (χ1n) is 24.3. The van der Waals surface area contributed by atoms with Crippen LogP contribution in [0, 0.1) is 0 Å². The van der Waals surface area contributed by atoms with Gasteiger partial charge in [-0.2, -0.15) is 0 Å². The lowest BCUT2D eigenvalue weighted by Crippen LogP contribution is -2.32. The van der Waals surface area contributed by atoms with Crippen molar-refractivity contribution in [2.45, 2.75) is 41.4 Å². The molecule has 1 spiro atoms. The number of benzene rings is 9. The van der Waals surface area contributed by atoms with Crippen LogP contribution in [0.1, 0.15) is 48.6 Å². The van der Waals surface area contributed by atoms with Crippen LogP contribution in [-0.2, 0) is 10.8 Å². The molecule has 71 heavy (non-hydrogen) atoms. The van der Waals surface area contributed by atoms with Gasteiger partial charge in [0.15, 0.2) is 0 Å². The number of hydrogen-bond donors (Lipinski definition) is 1. The summed E-state index contributed by atoms with van der Waals surface area (Å²) in [6.07, 6.45) is 1.95. The maximum atomic E-state index is 7.16. The Labute approximate surface area is 419 Å².